The molecule has 0 atom stereocenters. The summed E-state index contributed by atoms with van der Waals surface area (Å²) >= 11 is 0. The van der Waals surface area contributed by atoms with Gasteiger partial charge in [0.25, 0.3) is 0 Å². The lowest BCUT2D eigenvalue weighted by molar-refractivity contribution is 0.577. The number of furan rings is 1. The molecule has 0 aliphatic rings. The third-order valence-electron chi connectivity index (χ3n) is 2.97. The molecule has 0 radical (unpaired) electrons. The van der Waals surface area contributed by atoms with E-state index in [0.29, 0.717) is 5.69 Å². The summed E-state index contributed by atoms with van der Waals surface area (Å²) in [5.74, 6) is 0.941. The van der Waals surface area contributed by atoms with Crippen LogP contribution in [-0.2, 0) is 0 Å². The van der Waals surface area contributed by atoms with Crippen molar-refractivity contribution in [3.8, 4) is 0 Å². The lowest BCUT2D eigenvalue weighted by Crippen LogP contribution is -2.22. The fourth-order valence-electron chi connectivity index (χ4n) is 2.18. The van der Waals surface area contributed by atoms with E-state index >= 15 is 0 Å². The summed E-state index contributed by atoms with van der Waals surface area (Å²) in [6.07, 6.45) is 0. The molecule has 0 amide bonds. The van der Waals surface area contributed by atoms with Gasteiger partial charge in [0.15, 0.2) is 5.58 Å². The predicted octanol–water partition coefficient (Wildman–Crippen LogP) is 3.17. The Morgan fingerprint density at radius 1 is 1.25 bits per heavy atom. The fraction of sp³-hybridized carbons (Fsp3) is 0.385. The van der Waals surface area contributed by atoms with Gasteiger partial charge in [0.2, 0.25) is 0 Å². The van der Waals surface area contributed by atoms with Crippen LogP contribution in [0.25, 0.3) is 11.0 Å². The molecule has 2 N–H and O–H groups in total. The van der Waals surface area contributed by atoms with Crippen LogP contribution in [0.5, 0.6) is 0 Å². The molecule has 2 rings (SSSR count). The first-order chi connectivity index (χ1) is 7.69. The molecule has 3 heteroatoms. The number of nitrogen functional groups attached to an aromatic ring is 1. The number of para-hydroxylation sites is 1. The summed E-state index contributed by atoms with van der Waals surface area (Å²) in [6.45, 7) is 8.23. The van der Waals surface area contributed by atoms with Gasteiger partial charge in [-0.1, -0.05) is 6.07 Å². The molecule has 2 aromatic rings. The van der Waals surface area contributed by atoms with E-state index in [1.807, 2.05) is 19.1 Å². The van der Waals surface area contributed by atoms with Crippen molar-refractivity contribution in [3.05, 3.63) is 24.0 Å². The minimum atomic E-state index is 0.707. The Labute approximate surface area is 95.8 Å². The van der Waals surface area contributed by atoms with Crippen molar-refractivity contribution >= 4 is 22.3 Å². The maximum atomic E-state index is 5.91. The van der Waals surface area contributed by atoms with Crippen LogP contribution in [0.1, 0.15) is 19.6 Å². The number of rotatable bonds is 3. The summed E-state index contributed by atoms with van der Waals surface area (Å²) in [5.41, 5.74) is 8.60. The standard InChI is InChI=1S/C13H18N2O/c1-4-15(5-2)12-9(3)16-13-10(12)7-6-8-11(13)14/h6-8H,4-5,14H2,1-3H3. The summed E-state index contributed by atoms with van der Waals surface area (Å²) in [6, 6.07) is 5.91. The molecule has 0 aliphatic carbocycles. The van der Waals surface area contributed by atoms with Gasteiger partial charge >= 0.3 is 0 Å². The number of hydrogen-bond acceptors (Lipinski definition) is 3. The van der Waals surface area contributed by atoms with E-state index in [1.165, 1.54) is 5.69 Å². The Bertz CT molecular complexity index is 498. The Kier molecular flexibility index (Phi) is 2.77. The highest BCUT2D eigenvalue weighted by Crippen LogP contribution is 2.35. The Balaban J connectivity index is 2.69. The van der Waals surface area contributed by atoms with Crippen molar-refractivity contribution in [2.75, 3.05) is 23.7 Å². The third-order valence-corrected chi connectivity index (χ3v) is 2.97. The molecule has 0 aliphatic heterocycles. The largest absolute Gasteiger partial charge is 0.457 e. The monoisotopic (exact) mass is 218 g/mol. The van der Waals surface area contributed by atoms with Crippen molar-refractivity contribution in [1.82, 2.24) is 0 Å². The summed E-state index contributed by atoms with van der Waals surface area (Å²) in [5, 5.41) is 1.11. The zero-order valence-electron chi connectivity index (χ0n) is 10.1. The fourth-order valence-corrected chi connectivity index (χ4v) is 2.18. The molecular weight excluding hydrogens is 200 g/mol. The summed E-state index contributed by atoms with van der Waals surface area (Å²) < 4.78 is 5.75. The van der Waals surface area contributed by atoms with Crippen molar-refractivity contribution in [1.29, 1.82) is 0 Å². The summed E-state index contributed by atoms with van der Waals surface area (Å²) in [7, 11) is 0. The Morgan fingerprint density at radius 2 is 1.94 bits per heavy atom. The molecule has 0 fully saturated rings. The average molecular weight is 218 g/mol. The van der Waals surface area contributed by atoms with E-state index < -0.39 is 0 Å². The van der Waals surface area contributed by atoms with Crippen LogP contribution in [0.15, 0.2) is 22.6 Å². The van der Waals surface area contributed by atoms with Gasteiger partial charge in [-0.3, -0.25) is 0 Å². The Hall–Kier alpha value is -1.64. The second-order valence-corrected chi connectivity index (χ2v) is 3.90. The van der Waals surface area contributed by atoms with Crippen LogP contribution in [-0.4, -0.2) is 13.1 Å². The smallest absolute Gasteiger partial charge is 0.159 e. The highest BCUT2D eigenvalue weighted by atomic mass is 16.3. The topological polar surface area (TPSA) is 42.4 Å². The van der Waals surface area contributed by atoms with E-state index in [-0.39, 0.29) is 0 Å². The molecule has 0 saturated heterocycles. The summed E-state index contributed by atoms with van der Waals surface area (Å²) in [4.78, 5) is 2.29. The lowest BCUT2D eigenvalue weighted by atomic mass is 10.2. The molecule has 0 saturated carbocycles. The van der Waals surface area contributed by atoms with Gasteiger partial charge in [0.1, 0.15) is 5.76 Å². The van der Waals surface area contributed by atoms with E-state index in [2.05, 4.69) is 24.8 Å². The SMILES string of the molecule is CCN(CC)c1c(C)oc2c(N)cccc12. The Morgan fingerprint density at radius 3 is 2.56 bits per heavy atom. The van der Waals surface area contributed by atoms with Crippen LogP contribution >= 0.6 is 0 Å². The van der Waals surface area contributed by atoms with Crippen LogP contribution < -0.4 is 10.6 Å². The van der Waals surface area contributed by atoms with Crippen LogP contribution in [0.2, 0.25) is 0 Å². The van der Waals surface area contributed by atoms with Gasteiger partial charge in [-0.25, -0.2) is 0 Å². The maximum absolute atomic E-state index is 5.91. The molecule has 1 aromatic carbocycles. The van der Waals surface area contributed by atoms with Gasteiger partial charge in [0, 0.05) is 18.5 Å². The van der Waals surface area contributed by atoms with E-state index in [9.17, 15) is 0 Å². The van der Waals surface area contributed by atoms with Gasteiger partial charge in [-0.05, 0) is 32.9 Å². The molecule has 1 aromatic heterocycles. The first-order valence-corrected chi connectivity index (χ1v) is 5.71. The number of nitrogens with zero attached hydrogens (tertiary/aromatic N) is 1. The van der Waals surface area contributed by atoms with Gasteiger partial charge in [0.05, 0.1) is 11.4 Å². The zero-order valence-corrected chi connectivity index (χ0v) is 10.1. The second-order valence-electron chi connectivity index (χ2n) is 3.90. The third kappa shape index (κ3) is 1.52. The minimum Gasteiger partial charge on any atom is -0.457 e. The van der Waals surface area contributed by atoms with Crippen LogP contribution in [0.4, 0.5) is 11.4 Å². The van der Waals surface area contributed by atoms with Crippen molar-refractivity contribution in [2.24, 2.45) is 0 Å². The number of aryl methyl sites for hydroxylation is 1. The number of hydrogen-bond donors (Lipinski definition) is 1. The predicted molar refractivity (Wildman–Crippen MR) is 68.9 cm³/mol. The second kappa shape index (κ2) is 4.08. The molecule has 86 valence electrons. The first kappa shape index (κ1) is 10.9. The number of nitrogens with two attached hydrogens (primary N) is 1. The van der Waals surface area contributed by atoms with Gasteiger partial charge < -0.3 is 15.1 Å². The van der Waals surface area contributed by atoms with E-state index in [0.717, 1.165) is 29.8 Å². The quantitative estimate of drug-likeness (QED) is 0.804. The minimum absolute atomic E-state index is 0.707. The van der Waals surface area contributed by atoms with Crippen molar-refractivity contribution < 1.29 is 4.42 Å². The molecule has 3 nitrogen and oxygen atoms in total. The highest BCUT2D eigenvalue weighted by Gasteiger charge is 2.16. The number of benzene rings is 1. The highest BCUT2D eigenvalue weighted by molar-refractivity contribution is 5.98. The number of fused-ring (bicyclic) bond motifs is 1. The van der Waals surface area contributed by atoms with Gasteiger partial charge in [-0.15, -0.1) is 0 Å². The molecule has 0 spiro atoms. The molecule has 16 heavy (non-hydrogen) atoms. The van der Waals surface area contributed by atoms with Crippen LogP contribution in [0.3, 0.4) is 0 Å². The van der Waals surface area contributed by atoms with Gasteiger partial charge in [-0.2, -0.15) is 0 Å². The molecule has 1 heterocycles. The molecule has 0 bridgehead atoms. The molecule has 0 unspecified atom stereocenters. The zero-order chi connectivity index (χ0) is 11.7. The lowest BCUT2D eigenvalue weighted by Gasteiger charge is -2.20. The maximum Gasteiger partial charge on any atom is 0.159 e. The number of anilines is 2. The van der Waals surface area contributed by atoms with Crippen molar-refractivity contribution in [3.63, 3.8) is 0 Å². The first-order valence-electron chi connectivity index (χ1n) is 5.71. The average Bonchev–Trinajstić information content (AvgIpc) is 2.60. The van der Waals surface area contributed by atoms with E-state index in [1.54, 1.807) is 0 Å². The van der Waals surface area contributed by atoms with Crippen LogP contribution in [0, 0.1) is 6.92 Å². The normalized spacial score (nSPS) is 10.9. The molecular formula is C13H18N2O. The van der Waals surface area contributed by atoms with Crippen molar-refractivity contribution in [2.45, 2.75) is 20.8 Å². The van der Waals surface area contributed by atoms with E-state index in [4.69, 9.17) is 10.2 Å².